The van der Waals surface area contributed by atoms with Gasteiger partial charge >= 0.3 is 5.97 Å². The molecule has 0 aliphatic rings. The van der Waals surface area contributed by atoms with Crippen LogP contribution in [0.5, 0.6) is 0 Å². The summed E-state index contributed by atoms with van der Waals surface area (Å²) in [7, 11) is 4.10. The van der Waals surface area contributed by atoms with E-state index in [-0.39, 0.29) is 12.4 Å². The molecule has 0 fully saturated rings. The van der Waals surface area contributed by atoms with Crippen molar-refractivity contribution in [2.24, 2.45) is 0 Å². The third-order valence-electron chi connectivity index (χ3n) is 2.70. The Bertz CT molecular complexity index is 222. The fourth-order valence-corrected chi connectivity index (χ4v) is 1.76. The van der Waals surface area contributed by atoms with Gasteiger partial charge in [-0.15, -0.1) is 0 Å². The van der Waals surface area contributed by atoms with E-state index in [1.165, 1.54) is 0 Å². The molecule has 0 aromatic carbocycles. The molecule has 0 heterocycles. The van der Waals surface area contributed by atoms with Gasteiger partial charge in [0.1, 0.15) is 0 Å². The molecule has 1 unspecified atom stereocenters. The van der Waals surface area contributed by atoms with Gasteiger partial charge in [0.2, 0.25) is 0 Å². The van der Waals surface area contributed by atoms with E-state index in [0.717, 1.165) is 26.1 Å². The average molecular weight is 260 g/mol. The molecule has 0 spiro atoms. The molecule has 0 radical (unpaired) electrons. The van der Waals surface area contributed by atoms with Gasteiger partial charge in [-0.1, -0.05) is 6.92 Å². The van der Waals surface area contributed by atoms with Gasteiger partial charge < -0.3 is 19.6 Å². The Labute approximate surface area is 111 Å². The van der Waals surface area contributed by atoms with Gasteiger partial charge in [0, 0.05) is 6.54 Å². The number of aliphatic hydroxyl groups is 1. The van der Waals surface area contributed by atoms with E-state index >= 15 is 0 Å². The molecule has 0 aliphatic heterocycles. The first-order valence-corrected chi connectivity index (χ1v) is 6.70. The van der Waals surface area contributed by atoms with E-state index in [9.17, 15) is 9.90 Å². The molecule has 0 aromatic rings. The third kappa shape index (κ3) is 9.39. The minimum Gasteiger partial charge on any atom is -0.466 e. The molecule has 0 saturated carbocycles. The Morgan fingerprint density at radius 1 is 1.28 bits per heavy atom. The lowest BCUT2D eigenvalue weighted by Gasteiger charge is -2.23. The highest BCUT2D eigenvalue weighted by Crippen LogP contribution is 2.00. The number of nitrogens with zero attached hydrogens (tertiary/aromatic N) is 2. The highest BCUT2D eigenvalue weighted by molar-refractivity contribution is 5.69. The lowest BCUT2D eigenvalue weighted by atomic mass is 10.2. The SMILES string of the molecule is CCOC(=O)CC(O)CN(CC)CCCN(C)C. The molecule has 0 amide bonds. The van der Waals surface area contributed by atoms with Crippen LogP contribution in [0, 0.1) is 0 Å². The first-order chi connectivity index (χ1) is 8.49. The minimum atomic E-state index is -0.636. The average Bonchev–Trinajstić information content (AvgIpc) is 2.27. The number of likely N-dealkylation sites (N-methyl/N-ethyl adjacent to an activating group) is 1. The largest absolute Gasteiger partial charge is 0.466 e. The predicted molar refractivity (Wildman–Crippen MR) is 72.5 cm³/mol. The number of hydrogen-bond acceptors (Lipinski definition) is 5. The maximum atomic E-state index is 11.2. The predicted octanol–water partition coefficient (Wildman–Crippen LogP) is 0.574. The summed E-state index contributed by atoms with van der Waals surface area (Å²) in [6.07, 6.45) is 0.508. The fourth-order valence-electron chi connectivity index (χ4n) is 1.76. The Morgan fingerprint density at radius 2 is 1.94 bits per heavy atom. The smallest absolute Gasteiger partial charge is 0.308 e. The van der Waals surface area contributed by atoms with E-state index in [2.05, 4.69) is 16.7 Å². The second-order valence-corrected chi connectivity index (χ2v) is 4.71. The molecule has 108 valence electrons. The van der Waals surface area contributed by atoms with Crippen LogP contribution in [0.25, 0.3) is 0 Å². The van der Waals surface area contributed by atoms with Crippen LogP contribution in [0.15, 0.2) is 0 Å². The van der Waals surface area contributed by atoms with Crippen LogP contribution in [0.2, 0.25) is 0 Å². The summed E-state index contributed by atoms with van der Waals surface area (Å²) in [6.45, 7) is 7.58. The van der Waals surface area contributed by atoms with Crippen LogP contribution in [-0.2, 0) is 9.53 Å². The number of carbonyl (C=O) groups is 1. The first-order valence-electron chi connectivity index (χ1n) is 6.70. The number of rotatable bonds is 10. The molecule has 1 atom stereocenters. The maximum absolute atomic E-state index is 11.2. The van der Waals surface area contributed by atoms with E-state index in [4.69, 9.17) is 4.74 Å². The monoisotopic (exact) mass is 260 g/mol. The number of esters is 1. The second kappa shape index (κ2) is 10.3. The van der Waals surface area contributed by atoms with Crippen molar-refractivity contribution in [2.45, 2.75) is 32.8 Å². The van der Waals surface area contributed by atoms with Crippen molar-refractivity contribution < 1.29 is 14.6 Å². The second-order valence-electron chi connectivity index (χ2n) is 4.71. The molecule has 1 N–H and O–H groups in total. The molecule has 5 nitrogen and oxygen atoms in total. The molecule has 18 heavy (non-hydrogen) atoms. The lowest BCUT2D eigenvalue weighted by molar-refractivity contribution is -0.145. The summed E-state index contributed by atoms with van der Waals surface area (Å²) >= 11 is 0. The number of carbonyl (C=O) groups excluding carboxylic acids is 1. The van der Waals surface area contributed by atoms with E-state index in [1.54, 1.807) is 6.92 Å². The summed E-state index contributed by atoms with van der Waals surface area (Å²) < 4.78 is 4.82. The standard InChI is InChI=1S/C13H28N2O3/c1-5-15(9-7-8-14(3)4)11-12(16)10-13(17)18-6-2/h12,16H,5-11H2,1-4H3. The van der Waals surface area contributed by atoms with Gasteiger partial charge in [-0.25, -0.2) is 0 Å². The number of ether oxygens (including phenoxy) is 1. The molecule has 0 aromatic heterocycles. The number of hydrogen-bond donors (Lipinski definition) is 1. The van der Waals surface area contributed by atoms with Crippen LogP contribution >= 0.6 is 0 Å². The Morgan fingerprint density at radius 3 is 2.44 bits per heavy atom. The Balaban J connectivity index is 3.85. The van der Waals surface area contributed by atoms with Crippen molar-refractivity contribution in [1.82, 2.24) is 9.80 Å². The van der Waals surface area contributed by atoms with Gasteiger partial charge in [0.25, 0.3) is 0 Å². The van der Waals surface area contributed by atoms with Crippen LogP contribution in [0.1, 0.15) is 26.7 Å². The lowest BCUT2D eigenvalue weighted by Crippen LogP contribution is -2.35. The summed E-state index contributed by atoms with van der Waals surface area (Å²) in [6, 6.07) is 0. The van der Waals surface area contributed by atoms with E-state index < -0.39 is 6.10 Å². The van der Waals surface area contributed by atoms with Gasteiger partial charge in [-0.05, 0) is 47.1 Å². The van der Waals surface area contributed by atoms with Crippen molar-refractivity contribution >= 4 is 5.97 Å². The van der Waals surface area contributed by atoms with E-state index in [0.29, 0.717) is 13.2 Å². The van der Waals surface area contributed by atoms with Gasteiger partial charge in [0.15, 0.2) is 0 Å². The van der Waals surface area contributed by atoms with Crippen molar-refractivity contribution in [1.29, 1.82) is 0 Å². The molecule has 0 saturated heterocycles. The minimum absolute atomic E-state index is 0.0814. The zero-order chi connectivity index (χ0) is 14.0. The molecule has 0 aliphatic carbocycles. The third-order valence-corrected chi connectivity index (χ3v) is 2.70. The van der Waals surface area contributed by atoms with Gasteiger partial charge in [-0.3, -0.25) is 4.79 Å². The Kier molecular flexibility index (Phi) is 9.92. The normalized spacial score (nSPS) is 13.1. The Hall–Kier alpha value is -0.650. The van der Waals surface area contributed by atoms with Gasteiger partial charge in [-0.2, -0.15) is 0 Å². The molecular formula is C13H28N2O3. The molecular weight excluding hydrogens is 232 g/mol. The topological polar surface area (TPSA) is 53.0 Å². The van der Waals surface area contributed by atoms with Gasteiger partial charge in [0.05, 0.1) is 19.1 Å². The van der Waals surface area contributed by atoms with Crippen molar-refractivity contribution in [2.75, 3.05) is 46.9 Å². The summed E-state index contributed by atoms with van der Waals surface area (Å²) in [5.41, 5.74) is 0. The molecule has 5 heteroatoms. The zero-order valence-electron chi connectivity index (χ0n) is 12.2. The summed E-state index contributed by atoms with van der Waals surface area (Å²) in [5.74, 6) is -0.325. The van der Waals surface area contributed by atoms with Crippen LogP contribution in [0.3, 0.4) is 0 Å². The van der Waals surface area contributed by atoms with E-state index in [1.807, 2.05) is 14.1 Å². The number of aliphatic hydroxyl groups excluding tert-OH is 1. The summed E-state index contributed by atoms with van der Waals surface area (Å²) in [4.78, 5) is 15.5. The fraction of sp³-hybridized carbons (Fsp3) is 0.923. The van der Waals surface area contributed by atoms with Crippen LogP contribution < -0.4 is 0 Å². The van der Waals surface area contributed by atoms with Crippen LogP contribution in [0.4, 0.5) is 0 Å². The molecule has 0 bridgehead atoms. The highest BCUT2D eigenvalue weighted by atomic mass is 16.5. The van der Waals surface area contributed by atoms with Crippen molar-refractivity contribution in [3.8, 4) is 0 Å². The molecule has 0 rings (SSSR count). The first kappa shape index (κ1) is 17.4. The van der Waals surface area contributed by atoms with Crippen molar-refractivity contribution in [3.63, 3.8) is 0 Å². The van der Waals surface area contributed by atoms with Crippen LogP contribution in [-0.4, -0.2) is 73.9 Å². The zero-order valence-corrected chi connectivity index (χ0v) is 12.2. The highest BCUT2D eigenvalue weighted by Gasteiger charge is 2.14. The van der Waals surface area contributed by atoms with Crippen molar-refractivity contribution in [3.05, 3.63) is 0 Å². The maximum Gasteiger partial charge on any atom is 0.308 e. The summed E-state index contributed by atoms with van der Waals surface area (Å²) in [5, 5.41) is 9.80. The quantitative estimate of drug-likeness (QED) is 0.582.